The van der Waals surface area contributed by atoms with Crippen LogP contribution in [0.1, 0.15) is 46.5 Å². The van der Waals surface area contributed by atoms with Gasteiger partial charge in [0.05, 0.1) is 12.2 Å². The largest absolute Gasteiger partial charge is 0.373 e. The van der Waals surface area contributed by atoms with E-state index in [1.165, 1.54) is 12.8 Å². The van der Waals surface area contributed by atoms with Gasteiger partial charge in [-0.2, -0.15) is 0 Å². The van der Waals surface area contributed by atoms with Crippen LogP contribution in [0.25, 0.3) is 0 Å². The second-order valence-electron chi connectivity index (χ2n) is 6.32. The van der Waals surface area contributed by atoms with Gasteiger partial charge >= 0.3 is 0 Å². The highest BCUT2D eigenvalue weighted by Crippen LogP contribution is 2.34. The van der Waals surface area contributed by atoms with Gasteiger partial charge in [0.1, 0.15) is 5.67 Å². The molecular weight excluding hydrogens is 205 g/mol. The summed E-state index contributed by atoms with van der Waals surface area (Å²) in [6.07, 6.45) is 3.91. The van der Waals surface area contributed by atoms with Crippen LogP contribution in [0.4, 0.5) is 4.39 Å². The van der Waals surface area contributed by atoms with Crippen molar-refractivity contribution < 1.29 is 9.13 Å². The van der Waals surface area contributed by atoms with Gasteiger partial charge in [0.15, 0.2) is 0 Å². The van der Waals surface area contributed by atoms with Crippen molar-refractivity contribution in [3.05, 3.63) is 0 Å². The molecule has 0 spiro atoms. The van der Waals surface area contributed by atoms with Gasteiger partial charge in [-0.1, -0.05) is 0 Å². The molecule has 0 aromatic heterocycles. The maximum Gasteiger partial charge on any atom is 0.136 e. The summed E-state index contributed by atoms with van der Waals surface area (Å²) < 4.78 is 20.0. The van der Waals surface area contributed by atoms with Gasteiger partial charge in [-0.25, -0.2) is 4.39 Å². The second kappa shape index (κ2) is 4.26. The molecule has 2 fully saturated rings. The molecule has 2 rings (SSSR count). The number of nitrogens with zero attached hydrogens (tertiary/aromatic N) is 1. The van der Waals surface area contributed by atoms with Crippen molar-refractivity contribution >= 4 is 0 Å². The zero-order valence-electron chi connectivity index (χ0n) is 10.8. The summed E-state index contributed by atoms with van der Waals surface area (Å²) >= 11 is 0. The lowest BCUT2D eigenvalue weighted by Crippen LogP contribution is -2.46. The monoisotopic (exact) mass is 229 g/mol. The molecule has 1 aliphatic heterocycles. The molecule has 1 heterocycles. The van der Waals surface area contributed by atoms with E-state index < -0.39 is 5.67 Å². The van der Waals surface area contributed by atoms with Gasteiger partial charge in [0.25, 0.3) is 0 Å². The molecule has 1 saturated carbocycles. The Labute approximate surface area is 98.1 Å². The summed E-state index contributed by atoms with van der Waals surface area (Å²) in [5, 5.41) is 0. The third kappa shape index (κ3) is 3.42. The van der Waals surface area contributed by atoms with Gasteiger partial charge in [-0.15, -0.1) is 0 Å². The Hall–Kier alpha value is -0.150. The fourth-order valence-corrected chi connectivity index (χ4v) is 2.22. The van der Waals surface area contributed by atoms with Crippen LogP contribution in [0.3, 0.4) is 0 Å². The molecule has 0 aromatic rings. The van der Waals surface area contributed by atoms with Crippen molar-refractivity contribution in [1.29, 1.82) is 0 Å². The Morgan fingerprint density at radius 2 is 1.81 bits per heavy atom. The molecule has 1 saturated heterocycles. The number of rotatable bonds is 3. The van der Waals surface area contributed by atoms with Crippen molar-refractivity contribution in [3.8, 4) is 0 Å². The number of hydrogen-bond donors (Lipinski definition) is 0. The lowest BCUT2D eigenvalue weighted by atomic mass is 9.94. The molecule has 0 radical (unpaired) electrons. The van der Waals surface area contributed by atoms with E-state index in [4.69, 9.17) is 4.74 Å². The first-order chi connectivity index (χ1) is 7.38. The molecule has 1 aliphatic carbocycles. The fourth-order valence-electron chi connectivity index (χ4n) is 2.22. The smallest absolute Gasteiger partial charge is 0.136 e. The lowest BCUT2D eigenvalue weighted by molar-refractivity contribution is -0.0838. The van der Waals surface area contributed by atoms with Crippen molar-refractivity contribution in [2.24, 2.45) is 0 Å². The highest BCUT2D eigenvalue weighted by molar-refractivity contribution is 4.93. The van der Waals surface area contributed by atoms with Crippen LogP contribution >= 0.6 is 0 Å². The normalized spacial score (nSPS) is 27.0. The number of ether oxygens (including phenoxy) is 1. The van der Waals surface area contributed by atoms with Gasteiger partial charge in [-0.05, 0) is 46.5 Å². The van der Waals surface area contributed by atoms with Crippen LogP contribution in [0, 0.1) is 0 Å². The highest BCUT2D eigenvalue weighted by Gasteiger charge is 2.40. The van der Waals surface area contributed by atoms with E-state index in [2.05, 4.69) is 4.90 Å². The Morgan fingerprint density at radius 3 is 2.25 bits per heavy atom. The molecule has 2 aliphatic rings. The lowest BCUT2D eigenvalue weighted by Gasteiger charge is -2.37. The third-order valence-electron chi connectivity index (χ3n) is 3.52. The number of likely N-dealkylation sites (tertiary alicyclic amines) is 1. The van der Waals surface area contributed by atoms with E-state index in [0.717, 1.165) is 19.1 Å². The third-order valence-corrected chi connectivity index (χ3v) is 3.52. The highest BCUT2D eigenvalue weighted by atomic mass is 19.1. The molecule has 0 atom stereocenters. The Kier molecular flexibility index (Phi) is 3.28. The summed E-state index contributed by atoms with van der Waals surface area (Å²) in [6.45, 7) is 8.03. The maximum absolute atomic E-state index is 14.4. The first-order valence-corrected chi connectivity index (χ1v) is 6.45. The van der Waals surface area contributed by atoms with Crippen molar-refractivity contribution in [2.45, 2.75) is 63.8 Å². The van der Waals surface area contributed by atoms with E-state index in [-0.39, 0.29) is 12.2 Å². The summed E-state index contributed by atoms with van der Waals surface area (Å²) in [5.74, 6) is 0. The number of piperidine rings is 1. The van der Waals surface area contributed by atoms with E-state index in [1.54, 1.807) is 0 Å². The van der Waals surface area contributed by atoms with Crippen molar-refractivity contribution in [2.75, 3.05) is 19.7 Å². The minimum Gasteiger partial charge on any atom is -0.373 e. The first kappa shape index (κ1) is 12.3. The fraction of sp³-hybridized carbons (Fsp3) is 1.00. The predicted molar refractivity (Wildman–Crippen MR) is 63.4 cm³/mol. The van der Waals surface area contributed by atoms with E-state index >= 15 is 0 Å². The van der Waals surface area contributed by atoms with Crippen LogP contribution in [0.15, 0.2) is 0 Å². The van der Waals surface area contributed by atoms with Crippen molar-refractivity contribution in [1.82, 2.24) is 4.90 Å². The van der Waals surface area contributed by atoms with Crippen LogP contribution in [-0.4, -0.2) is 41.9 Å². The minimum absolute atomic E-state index is 0.229. The Balaban J connectivity index is 1.76. The van der Waals surface area contributed by atoms with Gasteiger partial charge in [-0.3, -0.25) is 0 Å². The van der Waals surface area contributed by atoms with Gasteiger partial charge < -0.3 is 9.64 Å². The summed E-state index contributed by atoms with van der Waals surface area (Å²) in [6, 6.07) is 0.771. The van der Waals surface area contributed by atoms with Gasteiger partial charge in [0.2, 0.25) is 0 Å². The summed E-state index contributed by atoms with van der Waals surface area (Å²) in [7, 11) is 0. The second-order valence-corrected chi connectivity index (χ2v) is 6.32. The zero-order valence-corrected chi connectivity index (χ0v) is 10.8. The topological polar surface area (TPSA) is 12.5 Å². The molecule has 2 nitrogen and oxygen atoms in total. The number of halogens is 1. The Morgan fingerprint density at radius 1 is 1.25 bits per heavy atom. The average molecular weight is 229 g/mol. The SMILES string of the molecule is CC(C)(C)OCC1(F)CCN(C2CC2)CC1. The average Bonchev–Trinajstić information content (AvgIpc) is 2.99. The summed E-state index contributed by atoms with van der Waals surface area (Å²) in [4.78, 5) is 2.44. The molecule has 0 bridgehead atoms. The van der Waals surface area contributed by atoms with Crippen molar-refractivity contribution in [3.63, 3.8) is 0 Å². The standard InChI is InChI=1S/C13H24FNO/c1-12(2,3)16-10-13(14)6-8-15(9-7-13)11-4-5-11/h11H,4-10H2,1-3H3. The van der Waals surface area contributed by atoms with Crippen LogP contribution in [0.5, 0.6) is 0 Å². The van der Waals surface area contributed by atoms with Crippen LogP contribution < -0.4 is 0 Å². The maximum atomic E-state index is 14.4. The summed E-state index contributed by atoms with van der Waals surface area (Å²) in [5.41, 5.74) is -1.31. The zero-order chi connectivity index (χ0) is 11.8. The molecule has 0 aromatic carbocycles. The molecule has 0 amide bonds. The quantitative estimate of drug-likeness (QED) is 0.738. The molecule has 0 N–H and O–H groups in total. The molecule has 3 heteroatoms. The van der Waals surface area contributed by atoms with E-state index in [1.807, 2.05) is 20.8 Å². The molecule has 94 valence electrons. The molecule has 16 heavy (non-hydrogen) atoms. The van der Waals surface area contributed by atoms with E-state index in [9.17, 15) is 4.39 Å². The van der Waals surface area contributed by atoms with Crippen LogP contribution in [-0.2, 0) is 4.74 Å². The number of alkyl halides is 1. The Bertz CT molecular complexity index is 237. The molecular formula is C13H24FNO. The molecule has 0 unspecified atom stereocenters. The van der Waals surface area contributed by atoms with Gasteiger partial charge in [0, 0.05) is 19.1 Å². The number of hydrogen-bond acceptors (Lipinski definition) is 2. The predicted octanol–water partition coefficient (Wildman–Crippen LogP) is 2.77. The van der Waals surface area contributed by atoms with Crippen LogP contribution in [0.2, 0.25) is 0 Å². The minimum atomic E-state index is -1.08. The first-order valence-electron chi connectivity index (χ1n) is 6.45. The van der Waals surface area contributed by atoms with E-state index in [0.29, 0.717) is 12.8 Å².